The maximum atomic E-state index is 14.5. The van der Waals surface area contributed by atoms with Crippen molar-refractivity contribution in [3.05, 3.63) is 115 Å². The third kappa shape index (κ3) is 4.85. The fourth-order valence-electron chi connectivity index (χ4n) is 3.33. The first kappa shape index (κ1) is 20.3. The van der Waals surface area contributed by atoms with Crippen LogP contribution in [0, 0.1) is 5.82 Å². The molecule has 5 nitrogen and oxygen atoms in total. The Hall–Kier alpha value is -4.58. The number of aromatic nitrogens is 3. The van der Waals surface area contributed by atoms with Gasteiger partial charge in [-0.1, -0.05) is 30.3 Å². The zero-order valence-electron chi connectivity index (χ0n) is 17.5. The van der Waals surface area contributed by atoms with Gasteiger partial charge >= 0.3 is 0 Å². The van der Waals surface area contributed by atoms with Crippen LogP contribution in [0.2, 0.25) is 0 Å². The van der Waals surface area contributed by atoms with Crippen LogP contribution >= 0.6 is 0 Å². The highest BCUT2D eigenvalue weighted by molar-refractivity contribution is 5.70. The van der Waals surface area contributed by atoms with Crippen LogP contribution in [0.3, 0.4) is 0 Å². The van der Waals surface area contributed by atoms with Crippen molar-refractivity contribution in [2.24, 2.45) is 0 Å². The third-order valence-electron chi connectivity index (χ3n) is 4.92. The van der Waals surface area contributed by atoms with E-state index < -0.39 is 0 Å². The van der Waals surface area contributed by atoms with Crippen molar-refractivity contribution in [1.29, 1.82) is 0 Å². The lowest BCUT2D eigenvalue weighted by Crippen LogP contribution is -2.00. The normalized spacial score (nSPS) is 10.6. The van der Waals surface area contributed by atoms with Crippen LogP contribution in [0.5, 0.6) is 11.5 Å². The van der Waals surface area contributed by atoms with Crippen LogP contribution < -0.4 is 10.1 Å². The predicted octanol–water partition coefficient (Wildman–Crippen LogP) is 6.88. The average Bonchev–Trinajstić information content (AvgIpc) is 2.86. The smallest absolute Gasteiger partial charge is 0.162 e. The number of ether oxygens (including phenoxy) is 1. The fraction of sp³-hybridized carbons (Fsp3) is 0. The number of anilines is 2. The number of benzene rings is 3. The zero-order valence-corrected chi connectivity index (χ0v) is 17.5. The molecule has 160 valence electrons. The van der Waals surface area contributed by atoms with E-state index in [4.69, 9.17) is 4.74 Å². The summed E-state index contributed by atoms with van der Waals surface area (Å²) in [4.78, 5) is 13.3. The molecular formula is C27H19FN4O. The molecule has 0 spiro atoms. The van der Waals surface area contributed by atoms with Gasteiger partial charge in [0.2, 0.25) is 0 Å². The molecule has 1 N–H and O–H groups in total. The van der Waals surface area contributed by atoms with Crippen LogP contribution in [0.25, 0.3) is 22.6 Å². The summed E-state index contributed by atoms with van der Waals surface area (Å²) in [6.45, 7) is 0. The lowest BCUT2D eigenvalue weighted by molar-refractivity contribution is 0.483. The minimum atomic E-state index is -0.342. The molecule has 5 aromatic rings. The minimum Gasteiger partial charge on any atom is -0.457 e. The van der Waals surface area contributed by atoms with Gasteiger partial charge < -0.3 is 10.1 Å². The van der Waals surface area contributed by atoms with Crippen molar-refractivity contribution in [2.75, 3.05) is 5.32 Å². The second-order valence-corrected chi connectivity index (χ2v) is 7.24. The molecule has 33 heavy (non-hydrogen) atoms. The first-order valence-electron chi connectivity index (χ1n) is 10.4. The van der Waals surface area contributed by atoms with Crippen LogP contribution in [0.15, 0.2) is 109 Å². The predicted molar refractivity (Wildman–Crippen MR) is 127 cm³/mol. The molecule has 0 fully saturated rings. The Bertz CT molecular complexity index is 1360. The van der Waals surface area contributed by atoms with E-state index in [1.807, 2.05) is 66.7 Å². The summed E-state index contributed by atoms with van der Waals surface area (Å²) in [5, 5.41) is 3.29. The zero-order chi connectivity index (χ0) is 22.5. The maximum Gasteiger partial charge on any atom is 0.162 e. The number of nitrogens with one attached hydrogen (secondary N) is 1. The summed E-state index contributed by atoms with van der Waals surface area (Å²) in [6, 6.07) is 29.1. The molecular weight excluding hydrogens is 415 g/mol. The SMILES string of the molecule is Fc1ccccc1-c1cc(Nc2ccc(Oc3ccccc3)cc2)nc(-c2ccncc2)n1. The molecule has 0 unspecified atom stereocenters. The highest BCUT2D eigenvalue weighted by Crippen LogP contribution is 2.28. The molecule has 0 radical (unpaired) electrons. The largest absolute Gasteiger partial charge is 0.457 e. The molecule has 0 aliphatic carbocycles. The minimum absolute atomic E-state index is 0.342. The van der Waals surface area contributed by atoms with Gasteiger partial charge in [-0.15, -0.1) is 0 Å². The van der Waals surface area contributed by atoms with E-state index in [0.717, 1.165) is 22.7 Å². The molecule has 0 saturated carbocycles. The Morgan fingerprint density at radius 3 is 2.15 bits per heavy atom. The number of pyridine rings is 1. The monoisotopic (exact) mass is 434 g/mol. The number of rotatable bonds is 6. The lowest BCUT2D eigenvalue weighted by Gasteiger charge is -2.12. The molecule has 0 atom stereocenters. The highest BCUT2D eigenvalue weighted by atomic mass is 19.1. The first-order chi connectivity index (χ1) is 16.2. The number of hydrogen-bond donors (Lipinski definition) is 1. The quantitative estimate of drug-likeness (QED) is 0.316. The fourth-order valence-corrected chi connectivity index (χ4v) is 3.33. The lowest BCUT2D eigenvalue weighted by atomic mass is 10.1. The number of halogens is 1. The Labute approximate surface area is 190 Å². The van der Waals surface area contributed by atoms with Crippen LogP contribution in [0.1, 0.15) is 0 Å². The molecule has 3 aromatic carbocycles. The first-order valence-corrected chi connectivity index (χ1v) is 10.4. The van der Waals surface area contributed by atoms with Crippen molar-refractivity contribution in [2.45, 2.75) is 0 Å². The van der Waals surface area contributed by atoms with Crippen LogP contribution in [-0.4, -0.2) is 15.0 Å². The number of para-hydroxylation sites is 1. The third-order valence-corrected chi connectivity index (χ3v) is 4.92. The summed E-state index contributed by atoms with van der Waals surface area (Å²) in [7, 11) is 0. The van der Waals surface area contributed by atoms with Gasteiger partial charge in [-0.05, 0) is 60.7 Å². The second kappa shape index (κ2) is 9.28. The van der Waals surface area contributed by atoms with Gasteiger partial charge in [-0.2, -0.15) is 0 Å². The van der Waals surface area contributed by atoms with E-state index in [2.05, 4.69) is 20.3 Å². The van der Waals surface area contributed by atoms with Crippen LogP contribution in [0.4, 0.5) is 15.9 Å². The van der Waals surface area contributed by atoms with E-state index >= 15 is 0 Å². The van der Waals surface area contributed by atoms with E-state index in [1.54, 1.807) is 36.7 Å². The maximum absolute atomic E-state index is 14.5. The summed E-state index contributed by atoms with van der Waals surface area (Å²) in [6.07, 6.45) is 3.35. The van der Waals surface area contributed by atoms with E-state index in [1.165, 1.54) is 6.07 Å². The van der Waals surface area contributed by atoms with Crippen molar-refractivity contribution in [1.82, 2.24) is 15.0 Å². The molecule has 2 heterocycles. The van der Waals surface area contributed by atoms with Gasteiger partial charge in [-0.3, -0.25) is 4.98 Å². The summed E-state index contributed by atoms with van der Waals surface area (Å²) in [5.74, 6) is 2.17. The van der Waals surface area contributed by atoms with Crippen molar-refractivity contribution in [3.63, 3.8) is 0 Å². The van der Waals surface area contributed by atoms with Gasteiger partial charge in [0.15, 0.2) is 5.82 Å². The number of nitrogens with zero attached hydrogens (tertiary/aromatic N) is 3. The highest BCUT2D eigenvalue weighted by Gasteiger charge is 2.12. The Morgan fingerprint density at radius 2 is 1.39 bits per heavy atom. The van der Waals surface area contributed by atoms with E-state index in [-0.39, 0.29) is 5.82 Å². The van der Waals surface area contributed by atoms with Crippen LogP contribution in [-0.2, 0) is 0 Å². The average molecular weight is 434 g/mol. The van der Waals surface area contributed by atoms with E-state index in [0.29, 0.717) is 22.9 Å². The number of hydrogen-bond acceptors (Lipinski definition) is 5. The van der Waals surface area contributed by atoms with Gasteiger partial charge in [0.1, 0.15) is 23.1 Å². The Kier molecular flexibility index (Phi) is 5.72. The molecule has 0 bridgehead atoms. The van der Waals surface area contributed by atoms with Gasteiger partial charge in [0.25, 0.3) is 0 Å². The molecule has 0 amide bonds. The molecule has 0 saturated heterocycles. The Morgan fingerprint density at radius 1 is 0.697 bits per heavy atom. The standard InChI is InChI=1S/C27H19FN4O/c28-24-9-5-4-8-23(24)25-18-26(32-27(31-25)19-14-16-29-17-15-19)30-20-10-12-22(13-11-20)33-21-6-2-1-3-7-21/h1-18H,(H,30,31,32). The topological polar surface area (TPSA) is 59.9 Å². The molecule has 2 aromatic heterocycles. The molecule has 6 heteroatoms. The second-order valence-electron chi connectivity index (χ2n) is 7.24. The van der Waals surface area contributed by atoms with Gasteiger partial charge in [-0.25, -0.2) is 14.4 Å². The van der Waals surface area contributed by atoms with Gasteiger partial charge in [0.05, 0.1) is 5.69 Å². The van der Waals surface area contributed by atoms with E-state index in [9.17, 15) is 4.39 Å². The molecule has 0 aliphatic heterocycles. The molecule has 0 aliphatic rings. The summed E-state index contributed by atoms with van der Waals surface area (Å²) >= 11 is 0. The molecule has 5 rings (SSSR count). The van der Waals surface area contributed by atoms with Crippen molar-refractivity contribution < 1.29 is 9.13 Å². The Balaban J connectivity index is 1.46. The van der Waals surface area contributed by atoms with Crippen molar-refractivity contribution >= 4 is 11.5 Å². The summed E-state index contributed by atoms with van der Waals surface area (Å²) < 4.78 is 20.3. The van der Waals surface area contributed by atoms with Gasteiger partial charge in [0, 0.05) is 35.3 Å². The summed E-state index contributed by atoms with van der Waals surface area (Å²) in [5.41, 5.74) is 2.50. The van der Waals surface area contributed by atoms with Crippen molar-refractivity contribution in [3.8, 4) is 34.1 Å².